The van der Waals surface area contributed by atoms with Gasteiger partial charge in [-0.1, -0.05) is 62.5 Å². The molecule has 5 atom stereocenters. The van der Waals surface area contributed by atoms with Crippen LogP contribution in [0, 0.1) is 23.2 Å². The maximum atomic E-state index is 9.54. The van der Waals surface area contributed by atoms with Gasteiger partial charge in [0.1, 0.15) is 36.6 Å². The lowest BCUT2D eigenvalue weighted by Crippen LogP contribution is -2.75. The van der Waals surface area contributed by atoms with Gasteiger partial charge in [0, 0.05) is 5.92 Å². The monoisotopic (exact) mass is 505 g/mol. The van der Waals surface area contributed by atoms with E-state index in [4.69, 9.17) is 63.9 Å². The highest BCUT2D eigenvalue weighted by Crippen LogP contribution is 2.40. The fourth-order valence-corrected chi connectivity index (χ4v) is 4.54. The van der Waals surface area contributed by atoms with Gasteiger partial charge in [0.05, 0.1) is 6.10 Å². The van der Waals surface area contributed by atoms with E-state index in [0.29, 0.717) is 11.8 Å². The largest absolute Gasteiger partial charge is 0.448 e. The molecule has 0 aromatic heterocycles. The van der Waals surface area contributed by atoms with E-state index in [2.05, 4.69) is 20.8 Å². The van der Waals surface area contributed by atoms with Gasteiger partial charge in [-0.15, -0.1) is 0 Å². The quantitative estimate of drug-likeness (QED) is 0.254. The zero-order valence-electron chi connectivity index (χ0n) is 17.7. The smallest absolute Gasteiger partial charge is 0.272 e. The van der Waals surface area contributed by atoms with E-state index >= 15 is 0 Å². The van der Waals surface area contributed by atoms with E-state index in [-0.39, 0.29) is 17.9 Å². The Hall–Kier alpha value is 0.0600. The van der Waals surface area contributed by atoms with Crippen LogP contribution in [0.3, 0.4) is 0 Å². The highest BCUT2D eigenvalue weighted by atomic mass is 35.6. The Morgan fingerprint density at radius 2 is 1.29 bits per heavy atom. The summed E-state index contributed by atoms with van der Waals surface area (Å²) in [5.74, 6) is 0.639. The first kappa shape index (κ1) is 25.7. The molecule has 180 valence electrons. The molecule has 0 spiro atoms. The fourth-order valence-electron chi connectivity index (χ4n) is 4.40. The number of nitrogens with one attached hydrogen (secondary N) is 1. The molecule has 9 nitrogen and oxygen atoms in total. The van der Waals surface area contributed by atoms with Gasteiger partial charge in [-0.25, -0.2) is 0 Å². The van der Waals surface area contributed by atoms with Gasteiger partial charge in [-0.2, -0.15) is 0 Å². The molecule has 4 aliphatic heterocycles. The molecule has 4 saturated heterocycles. The molecule has 12 heteroatoms. The normalized spacial score (nSPS) is 48.7. The minimum Gasteiger partial charge on any atom is -0.448 e. The van der Waals surface area contributed by atoms with Crippen LogP contribution in [0.15, 0.2) is 0 Å². The molecule has 5 fully saturated rings. The number of hydrogen-bond acceptors (Lipinski definition) is 9. The number of halogens is 3. The Labute approximate surface area is 196 Å². The Bertz CT molecular complexity index is 600. The predicted octanol–water partition coefficient (Wildman–Crippen LogP) is 1.94. The molecule has 31 heavy (non-hydrogen) atoms. The minimum atomic E-state index is -1.84. The molecule has 0 aromatic carbocycles. The van der Waals surface area contributed by atoms with Crippen LogP contribution in [-0.2, 0) is 23.7 Å². The molecule has 4 bridgehead atoms. The topological polar surface area (TPSA) is 131 Å². The molecular formula is C19H30Cl3NO8. The summed E-state index contributed by atoms with van der Waals surface area (Å²) < 4.78 is 24.5. The van der Waals surface area contributed by atoms with Gasteiger partial charge in [0.25, 0.3) is 10.3 Å². The van der Waals surface area contributed by atoms with Crippen molar-refractivity contribution in [2.24, 2.45) is 17.8 Å². The maximum absolute atomic E-state index is 9.54. The Kier molecular flexibility index (Phi) is 8.07. The number of alkyl halides is 3. The van der Waals surface area contributed by atoms with Crippen molar-refractivity contribution in [2.45, 2.75) is 93.4 Å². The summed E-state index contributed by atoms with van der Waals surface area (Å²) in [6.45, 7) is 7.59. The Balaban J connectivity index is 0.000000183. The molecule has 0 amide bonds. The number of ether oxygens (including phenoxy) is 5. The first-order valence-corrected chi connectivity index (χ1v) is 11.5. The number of aliphatic hydroxyl groups is 3. The second kappa shape index (κ2) is 9.74. The van der Waals surface area contributed by atoms with E-state index < -0.39 is 53.2 Å². The summed E-state index contributed by atoms with van der Waals surface area (Å²) in [7, 11) is 0. The van der Waals surface area contributed by atoms with Crippen LogP contribution in [0.25, 0.3) is 0 Å². The minimum absolute atomic E-state index is 0.115. The average molecular weight is 507 g/mol. The van der Waals surface area contributed by atoms with Crippen molar-refractivity contribution in [3.8, 4) is 0 Å². The molecule has 4 heterocycles. The average Bonchev–Trinajstić information content (AvgIpc) is 2.71. The van der Waals surface area contributed by atoms with Crippen LogP contribution >= 0.6 is 34.8 Å². The lowest BCUT2D eigenvalue weighted by molar-refractivity contribution is -0.481. The zero-order chi connectivity index (χ0) is 23.2. The zero-order valence-corrected chi connectivity index (χ0v) is 19.9. The van der Waals surface area contributed by atoms with Gasteiger partial charge in [0.15, 0.2) is 0 Å². The van der Waals surface area contributed by atoms with Crippen LogP contribution in [-0.4, -0.2) is 80.5 Å². The molecule has 1 saturated carbocycles. The van der Waals surface area contributed by atoms with E-state index in [1.807, 2.05) is 6.92 Å². The van der Waals surface area contributed by atoms with Crippen molar-refractivity contribution in [1.82, 2.24) is 0 Å². The van der Waals surface area contributed by atoms with E-state index in [0.717, 1.165) is 6.42 Å². The third-order valence-corrected chi connectivity index (χ3v) is 7.22. The number of rotatable bonds is 2. The molecule has 0 aromatic rings. The van der Waals surface area contributed by atoms with E-state index in [1.54, 1.807) is 0 Å². The van der Waals surface area contributed by atoms with Gasteiger partial charge < -0.3 is 39.0 Å². The van der Waals surface area contributed by atoms with Crippen molar-refractivity contribution >= 4 is 40.7 Å². The first-order chi connectivity index (χ1) is 14.4. The molecule has 5 unspecified atom stereocenters. The Morgan fingerprint density at radius 1 is 0.839 bits per heavy atom. The molecule has 4 N–H and O–H groups in total. The third kappa shape index (κ3) is 5.11. The molecule has 5 rings (SSSR count). The molecule has 1 aliphatic carbocycles. The molecule has 0 radical (unpaired) electrons. The van der Waals surface area contributed by atoms with Crippen molar-refractivity contribution in [2.75, 3.05) is 0 Å². The molecule has 5 aliphatic rings. The van der Waals surface area contributed by atoms with Gasteiger partial charge in [0.2, 0.25) is 12.2 Å². The predicted molar refractivity (Wildman–Crippen MR) is 112 cm³/mol. The van der Waals surface area contributed by atoms with E-state index in [9.17, 15) is 15.3 Å². The van der Waals surface area contributed by atoms with Crippen LogP contribution in [0.2, 0.25) is 0 Å². The number of aliphatic hydroxyl groups excluding tert-OH is 3. The SMILES string of the molecule is CCC1OC(OC(=N)C(Cl)(Cl)Cl)C(C)C(C)C1C.OC1C2OC3OC1C(O)C(O3)C2O. The summed E-state index contributed by atoms with van der Waals surface area (Å²) in [6, 6.07) is 0. The lowest BCUT2D eigenvalue weighted by atomic mass is 9.78. The van der Waals surface area contributed by atoms with E-state index in [1.165, 1.54) is 0 Å². The second-order valence-electron chi connectivity index (χ2n) is 8.54. The third-order valence-electron chi connectivity index (χ3n) is 6.70. The summed E-state index contributed by atoms with van der Waals surface area (Å²) in [4.78, 5) is 0. The first-order valence-electron chi connectivity index (χ1n) is 10.3. The number of hydrogen-bond donors (Lipinski definition) is 4. The van der Waals surface area contributed by atoms with Crippen molar-refractivity contribution < 1.29 is 39.0 Å². The van der Waals surface area contributed by atoms with Crippen molar-refractivity contribution in [1.29, 1.82) is 5.41 Å². The van der Waals surface area contributed by atoms with Crippen LogP contribution in [0.1, 0.15) is 34.1 Å². The van der Waals surface area contributed by atoms with Gasteiger partial charge in [-0.3, -0.25) is 5.41 Å². The lowest BCUT2D eigenvalue weighted by Gasteiger charge is -2.55. The second-order valence-corrected chi connectivity index (χ2v) is 10.8. The summed E-state index contributed by atoms with van der Waals surface area (Å²) in [5.41, 5.74) is 0. The van der Waals surface area contributed by atoms with Crippen LogP contribution in [0.4, 0.5) is 0 Å². The highest BCUT2D eigenvalue weighted by molar-refractivity contribution is 6.76. The highest BCUT2D eigenvalue weighted by Gasteiger charge is 2.61. The summed E-state index contributed by atoms with van der Waals surface area (Å²) in [5, 5.41) is 36.2. The fraction of sp³-hybridized carbons (Fsp3) is 0.947. The van der Waals surface area contributed by atoms with Crippen LogP contribution < -0.4 is 0 Å². The summed E-state index contributed by atoms with van der Waals surface area (Å²) >= 11 is 16.8. The molecular weight excluding hydrogens is 477 g/mol. The maximum Gasteiger partial charge on any atom is 0.272 e. The van der Waals surface area contributed by atoms with Crippen molar-refractivity contribution in [3.63, 3.8) is 0 Å². The van der Waals surface area contributed by atoms with Crippen LogP contribution in [0.5, 0.6) is 0 Å². The standard InChI is InChI=1S/C12H20Cl3NO2.C7H10O6/c1-5-9-7(3)6(2)8(4)10(17-9)18-11(16)12(13,14)15;8-1-4-2(9)6-3(10)5(1)12-7(11-4)13-6/h6-10,16H,5H2,1-4H3;1-10H. The van der Waals surface area contributed by atoms with Crippen molar-refractivity contribution in [3.05, 3.63) is 0 Å². The Morgan fingerprint density at radius 3 is 1.68 bits per heavy atom. The van der Waals surface area contributed by atoms with Gasteiger partial charge >= 0.3 is 0 Å². The van der Waals surface area contributed by atoms with Gasteiger partial charge in [-0.05, 0) is 18.3 Å². The summed E-state index contributed by atoms with van der Waals surface area (Å²) in [6.07, 6.45) is -4.57.